The highest BCUT2D eigenvalue weighted by Gasteiger charge is 2.36. The number of anilines is 2. The molecule has 13 heteroatoms. The lowest BCUT2D eigenvalue weighted by atomic mass is 10.1. The number of hydrogen-bond acceptors (Lipinski definition) is 7. The van der Waals surface area contributed by atoms with E-state index in [9.17, 15) is 34.7 Å². The Balaban J connectivity index is 2.93. The number of halogens is 3. The fourth-order valence-electron chi connectivity index (χ4n) is 2.60. The number of nitro groups is 3. The van der Waals surface area contributed by atoms with Gasteiger partial charge in [0.15, 0.2) is 5.69 Å². The van der Waals surface area contributed by atoms with E-state index in [1.54, 1.807) is 6.92 Å². The molecule has 0 aromatic heterocycles. The third kappa shape index (κ3) is 4.25. The Hall–Kier alpha value is -2.67. The van der Waals surface area contributed by atoms with E-state index in [1.807, 2.05) is 0 Å². The average Bonchev–Trinajstić information content (AvgIpc) is 2.58. The van der Waals surface area contributed by atoms with Gasteiger partial charge in [0.1, 0.15) is 5.82 Å². The van der Waals surface area contributed by atoms with E-state index in [0.29, 0.717) is 23.0 Å². The molecule has 148 valence electrons. The predicted octanol–water partition coefficient (Wildman–Crippen LogP) is 5.62. The minimum atomic E-state index is -0.970. The number of non-ortho nitro benzene ring substituents is 1. The standard InChI is InChI=1S/C15H11Br2FN4O6/c1-2-3-19(14-10(17)4-8(16)5-11(14)18)15-12(21(25)26)6-9(20(23)24)7-13(15)22(27)28/h4-7H,2-3H2,1H3. The van der Waals surface area contributed by atoms with Gasteiger partial charge >= 0.3 is 11.4 Å². The van der Waals surface area contributed by atoms with Crippen molar-refractivity contribution in [3.05, 3.63) is 69.4 Å². The number of rotatable bonds is 7. The molecule has 0 bridgehead atoms. The minimum absolute atomic E-state index is 0.0172. The van der Waals surface area contributed by atoms with Crippen molar-refractivity contribution in [3.63, 3.8) is 0 Å². The van der Waals surface area contributed by atoms with Crippen molar-refractivity contribution < 1.29 is 19.2 Å². The van der Waals surface area contributed by atoms with Crippen LogP contribution in [-0.2, 0) is 0 Å². The highest BCUT2D eigenvalue weighted by Crippen LogP contribution is 2.46. The van der Waals surface area contributed by atoms with Crippen molar-refractivity contribution in [2.24, 2.45) is 0 Å². The zero-order valence-corrected chi connectivity index (χ0v) is 17.3. The fraction of sp³-hybridized carbons (Fsp3) is 0.200. The summed E-state index contributed by atoms with van der Waals surface area (Å²) < 4.78 is 15.3. The second-order valence-corrected chi connectivity index (χ2v) is 7.24. The second-order valence-electron chi connectivity index (χ2n) is 5.47. The molecule has 0 atom stereocenters. The third-order valence-electron chi connectivity index (χ3n) is 3.63. The molecule has 2 rings (SSSR count). The fourth-order valence-corrected chi connectivity index (χ4v) is 3.99. The van der Waals surface area contributed by atoms with E-state index in [-0.39, 0.29) is 16.7 Å². The SMILES string of the molecule is CCCN(c1c(F)cc(Br)cc1Br)c1c([N+](=O)[O-])cc([N+](=O)[O-])cc1[N+](=O)[O-]. The Morgan fingerprint density at radius 3 is 1.86 bits per heavy atom. The molecular weight excluding hydrogens is 511 g/mol. The van der Waals surface area contributed by atoms with Gasteiger partial charge in [-0.2, -0.15) is 0 Å². The summed E-state index contributed by atoms with van der Waals surface area (Å²) in [7, 11) is 0. The first-order valence-corrected chi connectivity index (χ1v) is 9.20. The number of benzene rings is 2. The van der Waals surface area contributed by atoms with Crippen molar-refractivity contribution >= 4 is 60.3 Å². The Labute approximate surface area is 173 Å². The Kier molecular flexibility index (Phi) is 6.61. The maximum absolute atomic E-state index is 14.7. The molecule has 2 aromatic rings. The molecule has 0 aliphatic heterocycles. The van der Waals surface area contributed by atoms with Crippen LogP contribution in [0.25, 0.3) is 0 Å². The van der Waals surface area contributed by atoms with E-state index in [1.165, 1.54) is 6.07 Å². The highest BCUT2D eigenvalue weighted by molar-refractivity contribution is 9.11. The molecule has 0 aliphatic carbocycles. The molecule has 10 nitrogen and oxygen atoms in total. The molecule has 0 aliphatic rings. The first-order valence-electron chi connectivity index (χ1n) is 7.61. The van der Waals surface area contributed by atoms with E-state index < -0.39 is 43.3 Å². The molecule has 0 N–H and O–H groups in total. The first-order chi connectivity index (χ1) is 13.1. The summed E-state index contributed by atoms with van der Waals surface area (Å²) in [4.78, 5) is 32.3. The summed E-state index contributed by atoms with van der Waals surface area (Å²) >= 11 is 6.28. The van der Waals surface area contributed by atoms with E-state index >= 15 is 0 Å². The van der Waals surface area contributed by atoms with Crippen LogP contribution in [0.4, 0.5) is 32.8 Å². The third-order valence-corrected chi connectivity index (χ3v) is 4.69. The van der Waals surface area contributed by atoms with Crippen LogP contribution in [0.1, 0.15) is 13.3 Å². The molecule has 0 spiro atoms. The zero-order valence-electron chi connectivity index (χ0n) is 14.1. The van der Waals surface area contributed by atoms with Crippen LogP contribution < -0.4 is 4.90 Å². The first kappa shape index (κ1) is 21.6. The molecule has 0 saturated heterocycles. The zero-order chi connectivity index (χ0) is 21.2. The maximum atomic E-state index is 14.7. The van der Waals surface area contributed by atoms with Crippen LogP contribution in [0.3, 0.4) is 0 Å². The highest BCUT2D eigenvalue weighted by atomic mass is 79.9. The Morgan fingerprint density at radius 1 is 0.929 bits per heavy atom. The molecule has 28 heavy (non-hydrogen) atoms. The van der Waals surface area contributed by atoms with Crippen molar-refractivity contribution in [2.45, 2.75) is 13.3 Å². The normalized spacial score (nSPS) is 10.6. The van der Waals surface area contributed by atoms with Gasteiger partial charge in [-0.1, -0.05) is 22.9 Å². The monoisotopic (exact) mass is 520 g/mol. The Morgan fingerprint density at radius 2 is 1.46 bits per heavy atom. The summed E-state index contributed by atoms with van der Waals surface area (Å²) in [5, 5.41) is 34.2. The van der Waals surface area contributed by atoms with Crippen molar-refractivity contribution in [2.75, 3.05) is 11.4 Å². The molecule has 0 unspecified atom stereocenters. The van der Waals surface area contributed by atoms with Gasteiger partial charge in [-0.05, 0) is 34.5 Å². The number of nitro benzene ring substituents is 3. The maximum Gasteiger partial charge on any atom is 0.306 e. The molecule has 0 radical (unpaired) electrons. The predicted molar refractivity (Wildman–Crippen MR) is 106 cm³/mol. The molecular formula is C15H11Br2FN4O6. The van der Waals surface area contributed by atoms with Crippen LogP contribution in [0, 0.1) is 36.2 Å². The molecule has 0 saturated carbocycles. The van der Waals surface area contributed by atoms with E-state index in [4.69, 9.17) is 0 Å². The quantitative estimate of drug-likeness (QED) is 0.340. The largest absolute Gasteiger partial charge is 0.327 e. The van der Waals surface area contributed by atoms with Crippen molar-refractivity contribution in [1.29, 1.82) is 0 Å². The summed E-state index contributed by atoms with van der Waals surface area (Å²) in [6.07, 6.45) is 0.354. The minimum Gasteiger partial charge on any atom is -0.327 e. The van der Waals surface area contributed by atoms with Gasteiger partial charge in [-0.3, -0.25) is 30.3 Å². The lowest BCUT2D eigenvalue weighted by Crippen LogP contribution is -2.22. The number of nitrogens with zero attached hydrogens (tertiary/aromatic N) is 4. The second kappa shape index (κ2) is 8.56. The topological polar surface area (TPSA) is 133 Å². The molecule has 0 fully saturated rings. The van der Waals surface area contributed by atoms with Crippen LogP contribution in [0.5, 0.6) is 0 Å². The smallest absolute Gasteiger partial charge is 0.306 e. The molecule has 0 amide bonds. The van der Waals surface area contributed by atoms with Gasteiger partial charge in [0.05, 0.1) is 32.6 Å². The van der Waals surface area contributed by atoms with Crippen LogP contribution in [0.15, 0.2) is 33.2 Å². The lowest BCUT2D eigenvalue weighted by molar-refractivity contribution is -0.402. The van der Waals surface area contributed by atoms with Gasteiger partial charge in [0, 0.05) is 15.5 Å². The van der Waals surface area contributed by atoms with Gasteiger partial charge in [-0.25, -0.2) is 4.39 Å². The number of hydrogen-bond donors (Lipinski definition) is 0. The van der Waals surface area contributed by atoms with E-state index in [0.717, 1.165) is 11.0 Å². The summed E-state index contributed by atoms with van der Waals surface area (Å²) in [6, 6.07) is 3.82. The lowest BCUT2D eigenvalue weighted by Gasteiger charge is -2.25. The molecule has 0 heterocycles. The van der Waals surface area contributed by atoms with Crippen molar-refractivity contribution in [1.82, 2.24) is 0 Å². The van der Waals surface area contributed by atoms with Crippen molar-refractivity contribution in [3.8, 4) is 0 Å². The van der Waals surface area contributed by atoms with Crippen LogP contribution >= 0.6 is 31.9 Å². The summed E-state index contributed by atoms with van der Waals surface area (Å²) in [6.45, 7) is 1.68. The Bertz CT molecular complexity index is 929. The summed E-state index contributed by atoms with van der Waals surface area (Å²) in [5.41, 5.74) is -3.25. The van der Waals surface area contributed by atoms with Crippen LogP contribution in [0.2, 0.25) is 0 Å². The molecule has 2 aromatic carbocycles. The summed E-state index contributed by atoms with van der Waals surface area (Å²) in [5.74, 6) is -0.795. The average molecular weight is 522 g/mol. The van der Waals surface area contributed by atoms with Gasteiger partial charge in [0.2, 0.25) is 0 Å². The van der Waals surface area contributed by atoms with E-state index in [2.05, 4.69) is 31.9 Å². The van der Waals surface area contributed by atoms with Gasteiger partial charge in [0.25, 0.3) is 5.69 Å². The van der Waals surface area contributed by atoms with Gasteiger partial charge < -0.3 is 4.90 Å². The van der Waals surface area contributed by atoms with Crippen LogP contribution in [-0.4, -0.2) is 21.3 Å². The van der Waals surface area contributed by atoms with Gasteiger partial charge in [-0.15, -0.1) is 0 Å².